The zero-order valence-corrected chi connectivity index (χ0v) is 13.7. The van der Waals surface area contributed by atoms with Gasteiger partial charge in [-0.15, -0.1) is 35.0 Å². The predicted molar refractivity (Wildman–Crippen MR) is 86.8 cm³/mol. The maximum atomic E-state index is 11.8. The van der Waals surface area contributed by atoms with Gasteiger partial charge in [0.1, 0.15) is 0 Å². The lowest BCUT2D eigenvalue weighted by atomic mass is 10.0. The molecule has 118 valence electrons. The van der Waals surface area contributed by atoms with Crippen molar-refractivity contribution in [1.82, 2.24) is 19.9 Å². The maximum Gasteiger partial charge on any atom is 0.237 e. The monoisotopic (exact) mass is 333 g/mol. The van der Waals surface area contributed by atoms with Crippen molar-refractivity contribution in [3.05, 3.63) is 30.2 Å². The molecule has 0 fully saturated rings. The number of nitrogens with two attached hydrogens (primary N) is 1. The average molecular weight is 334 g/mol. The number of aromatic nitrogens is 3. The third-order valence-corrected chi connectivity index (χ3v) is 2.87. The van der Waals surface area contributed by atoms with E-state index in [1.165, 1.54) is 0 Å². The number of fused-ring (bicyclic) bond motifs is 1. The van der Waals surface area contributed by atoms with Crippen LogP contribution in [0, 0.1) is 5.92 Å². The number of pyridine rings is 1. The van der Waals surface area contributed by atoms with Gasteiger partial charge in [-0.3, -0.25) is 9.20 Å². The minimum Gasteiger partial charge on any atom is -0.347 e. The zero-order chi connectivity index (χ0) is 13.8. The Kier molecular flexibility index (Phi) is 8.24. The van der Waals surface area contributed by atoms with Gasteiger partial charge < -0.3 is 11.1 Å². The van der Waals surface area contributed by atoms with Crippen LogP contribution in [0.2, 0.25) is 0 Å². The van der Waals surface area contributed by atoms with Gasteiger partial charge in [-0.25, -0.2) is 0 Å². The summed E-state index contributed by atoms with van der Waals surface area (Å²) in [6.45, 7) is 4.41. The highest BCUT2D eigenvalue weighted by Crippen LogP contribution is 2.04. The summed E-state index contributed by atoms with van der Waals surface area (Å²) in [6.07, 6.45) is 2.54. The second-order valence-electron chi connectivity index (χ2n) is 5.00. The molecule has 3 N–H and O–H groups in total. The van der Waals surface area contributed by atoms with Crippen molar-refractivity contribution in [3.63, 3.8) is 0 Å². The summed E-state index contributed by atoms with van der Waals surface area (Å²) in [5.74, 6) is 0.941. The number of carbonyl (C=O) groups is 1. The van der Waals surface area contributed by atoms with Crippen LogP contribution in [-0.2, 0) is 11.3 Å². The van der Waals surface area contributed by atoms with Gasteiger partial charge in [-0.1, -0.05) is 19.9 Å². The predicted octanol–water partition coefficient (Wildman–Crippen LogP) is 1.56. The maximum absolute atomic E-state index is 11.8. The molecule has 2 aromatic heterocycles. The molecule has 0 saturated heterocycles. The smallest absolute Gasteiger partial charge is 0.237 e. The van der Waals surface area contributed by atoms with Crippen LogP contribution < -0.4 is 11.1 Å². The van der Waals surface area contributed by atoms with Crippen LogP contribution in [0.15, 0.2) is 24.4 Å². The minimum absolute atomic E-state index is 0. The fourth-order valence-electron chi connectivity index (χ4n) is 1.92. The Bertz CT molecular complexity index is 572. The Morgan fingerprint density at radius 1 is 1.33 bits per heavy atom. The Morgan fingerprint density at radius 2 is 2.05 bits per heavy atom. The third-order valence-electron chi connectivity index (χ3n) is 2.87. The van der Waals surface area contributed by atoms with E-state index in [4.69, 9.17) is 5.73 Å². The average Bonchev–Trinajstić information content (AvgIpc) is 2.78. The standard InChI is InChI=1S/C13H19N5O.2ClH/c1-9(2)7-10(14)13(19)15-8-12-17-16-11-5-3-4-6-18(11)12;;/h3-6,9-10H,7-8,14H2,1-2H3,(H,15,19);2*1H/t10-;;/m0../s1. The van der Waals surface area contributed by atoms with Gasteiger partial charge in [0.2, 0.25) is 5.91 Å². The Morgan fingerprint density at radius 3 is 2.71 bits per heavy atom. The number of nitrogens with zero attached hydrogens (tertiary/aromatic N) is 3. The lowest BCUT2D eigenvalue weighted by molar-refractivity contribution is -0.122. The van der Waals surface area contributed by atoms with Gasteiger partial charge in [0.15, 0.2) is 11.5 Å². The van der Waals surface area contributed by atoms with Gasteiger partial charge in [0.05, 0.1) is 12.6 Å². The Balaban J connectivity index is 0.00000200. The molecule has 0 aliphatic heterocycles. The summed E-state index contributed by atoms with van der Waals surface area (Å²) >= 11 is 0. The molecule has 0 bridgehead atoms. The SMILES string of the molecule is CC(C)C[C@H](N)C(=O)NCc1nnc2ccccn12.Cl.Cl. The highest BCUT2D eigenvalue weighted by Gasteiger charge is 2.15. The summed E-state index contributed by atoms with van der Waals surface area (Å²) in [5, 5.41) is 10.9. The molecule has 8 heteroatoms. The molecular weight excluding hydrogens is 313 g/mol. The van der Waals surface area contributed by atoms with Crippen LogP contribution in [0.4, 0.5) is 0 Å². The van der Waals surface area contributed by atoms with Crippen LogP contribution >= 0.6 is 24.8 Å². The van der Waals surface area contributed by atoms with Crippen molar-refractivity contribution in [2.75, 3.05) is 0 Å². The van der Waals surface area contributed by atoms with Crippen LogP contribution in [-0.4, -0.2) is 26.5 Å². The third kappa shape index (κ3) is 5.15. The first-order chi connectivity index (χ1) is 9.08. The van der Waals surface area contributed by atoms with E-state index in [1.807, 2.05) is 42.6 Å². The van der Waals surface area contributed by atoms with Crippen molar-refractivity contribution < 1.29 is 4.79 Å². The highest BCUT2D eigenvalue weighted by molar-refractivity contribution is 5.85. The molecule has 0 radical (unpaired) electrons. The molecule has 1 atom stereocenters. The summed E-state index contributed by atoms with van der Waals surface area (Å²) in [6, 6.07) is 5.18. The van der Waals surface area contributed by atoms with Crippen molar-refractivity contribution in [1.29, 1.82) is 0 Å². The number of amides is 1. The second-order valence-corrected chi connectivity index (χ2v) is 5.00. The number of nitrogens with one attached hydrogen (secondary N) is 1. The molecule has 0 aliphatic rings. The Labute approximate surface area is 136 Å². The molecular formula is C13H21Cl2N5O. The molecule has 1 amide bonds. The topological polar surface area (TPSA) is 85.3 Å². The molecule has 0 unspecified atom stereocenters. The first-order valence-corrected chi connectivity index (χ1v) is 6.40. The first-order valence-electron chi connectivity index (χ1n) is 6.40. The highest BCUT2D eigenvalue weighted by atomic mass is 35.5. The number of hydrogen-bond acceptors (Lipinski definition) is 4. The number of halogens is 2. The molecule has 0 aliphatic carbocycles. The van der Waals surface area contributed by atoms with E-state index in [2.05, 4.69) is 15.5 Å². The second kappa shape index (κ2) is 8.81. The largest absolute Gasteiger partial charge is 0.347 e. The van der Waals surface area contributed by atoms with Crippen LogP contribution in [0.3, 0.4) is 0 Å². The molecule has 0 saturated carbocycles. The lowest BCUT2D eigenvalue weighted by Crippen LogP contribution is -2.41. The number of rotatable bonds is 5. The summed E-state index contributed by atoms with van der Waals surface area (Å²) in [4.78, 5) is 11.8. The lowest BCUT2D eigenvalue weighted by Gasteiger charge is -2.13. The van der Waals surface area contributed by atoms with E-state index in [1.54, 1.807) is 0 Å². The minimum atomic E-state index is -0.473. The van der Waals surface area contributed by atoms with Gasteiger partial charge >= 0.3 is 0 Å². The van der Waals surface area contributed by atoms with Crippen LogP contribution in [0.25, 0.3) is 5.65 Å². The molecule has 0 aromatic carbocycles. The molecule has 6 nitrogen and oxygen atoms in total. The molecule has 2 heterocycles. The van der Waals surface area contributed by atoms with Crippen LogP contribution in [0.1, 0.15) is 26.1 Å². The van der Waals surface area contributed by atoms with Crippen molar-refractivity contribution >= 4 is 36.4 Å². The quantitative estimate of drug-likeness (QED) is 0.869. The van der Waals surface area contributed by atoms with Crippen molar-refractivity contribution in [2.45, 2.75) is 32.9 Å². The summed E-state index contributed by atoms with van der Waals surface area (Å²) < 4.78 is 1.84. The van der Waals surface area contributed by atoms with Crippen molar-refractivity contribution in [3.8, 4) is 0 Å². The van der Waals surface area contributed by atoms with E-state index in [0.717, 1.165) is 5.65 Å². The zero-order valence-electron chi connectivity index (χ0n) is 12.0. The van der Waals surface area contributed by atoms with E-state index >= 15 is 0 Å². The molecule has 21 heavy (non-hydrogen) atoms. The summed E-state index contributed by atoms with van der Waals surface area (Å²) in [5.41, 5.74) is 6.58. The number of carbonyl (C=O) groups excluding carboxylic acids is 1. The van der Waals surface area contributed by atoms with Crippen LogP contribution in [0.5, 0.6) is 0 Å². The number of hydrogen-bond donors (Lipinski definition) is 2. The Hall–Kier alpha value is -1.37. The van der Waals surface area contributed by atoms with E-state index < -0.39 is 6.04 Å². The van der Waals surface area contributed by atoms with E-state index in [0.29, 0.717) is 24.7 Å². The van der Waals surface area contributed by atoms with Gasteiger partial charge in [0.25, 0.3) is 0 Å². The van der Waals surface area contributed by atoms with Crippen molar-refractivity contribution in [2.24, 2.45) is 11.7 Å². The van der Waals surface area contributed by atoms with Gasteiger partial charge in [-0.2, -0.15) is 0 Å². The fourth-order valence-corrected chi connectivity index (χ4v) is 1.92. The fraction of sp³-hybridized carbons (Fsp3) is 0.462. The van der Waals surface area contributed by atoms with E-state index in [9.17, 15) is 4.79 Å². The van der Waals surface area contributed by atoms with Gasteiger partial charge in [0, 0.05) is 6.20 Å². The summed E-state index contributed by atoms with van der Waals surface area (Å²) in [7, 11) is 0. The first kappa shape index (κ1) is 19.6. The molecule has 2 rings (SSSR count). The van der Waals surface area contributed by atoms with E-state index in [-0.39, 0.29) is 30.7 Å². The molecule has 2 aromatic rings. The molecule has 0 spiro atoms. The normalized spacial score (nSPS) is 11.6. The van der Waals surface area contributed by atoms with Gasteiger partial charge in [-0.05, 0) is 24.5 Å².